The van der Waals surface area contributed by atoms with Gasteiger partial charge < -0.3 is 84.2 Å². The molecule has 0 aromatic carbocycles. The van der Waals surface area contributed by atoms with Gasteiger partial charge in [-0.2, -0.15) is 0 Å². The van der Waals surface area contributed by atoms with Gasteiger partial charge in [-0.15, -0.1) is 0 Å². The summed E-state index contributed by atoms with van der Waals surface area (Å²) >= 11 is 0. The molecule has 62 heavy (non-hydrogen) atoms. The third kappa shape index (κ3) is 8.17. The van der Waals surface area contributed by atoms with Crippen molar-refractivity contribution in [2.24, 2.45) is 46.3 Å². The van der Waals surface area contributed by atoms with Crippen LogP contribution in [-0.4, -0.2) is 181 Å². The molecule has 4 heterocycles. The number of hydrogen-bond donors (Lipinski definition) is 10. The van der Waals surface area contributed by atoms with Crippen LogP contribution in [0.3, 0.4) is 0 Å². The summed E-state index contributed by atoms with van der Waals surface area (Å²) in [6.45, 7) is 11.3. The Balaban J connectivity index is 0.973. The minimum absolute atomic E-state index is 0.0603. The minimum atomic E-state index is -1.81. The van der Waals surface area contributed by atoms with Gasteiger partial charge in [-0.05, 0) is 118 Å². The van der Waals surface area contributed by atoms with E-state index in [2.05, 4.69) is 26.8 Å². The van der Waals surface area contributed by atoms with Crippen molar-refractivity contribution in [2.75, 3.05) is 13.2 Å². The maximum atomic E-state index is 11.5. The van der Waals surface area contributed by atoms with E-state index in [9.17, 15) is 51.1 Å². The predicted molar refractivity (Wildman–Crippen MR) is 216 cm³/mol. The van der Waals surface area contributed by atoms with Crippen molar-refractivity contribution < 1.29 is 84.2 Å². The number of fused-ring (bicyclic) bond motifs is 7. The number of allylic oxidation sites excluding steroid dienone is 1. The number of rotatable bonds is 9. The molecular formula is C45H74O17. The molecular weight excluding hydrogens is 812 g/mol. The Bertz CT molecular complexity index is 1570. The van der Waals surface area contributed by atoms with E-state index in [1.54, 1.807) is 0 Å². The standard InChI is InChI=1S/C45H74O17/c1-18(2)13-27-31(48)19(3)30-26(58-27)15-25-23-8-7-21-14-22(9-11-44(21,5)24(23)10-12-45(25,30)6)57-42-39(36(53)33(50)28(16-46)59-42)62-43-40(37(54)34(51)29(17-47)60-43)61-41-38(55)35(52)32(49)20(4)56-41/h13,19-43,46-55H,7-12,14-17H2,1-6H3/t19-,20-,21+,22-,23+,24-,25-,26-,27?,28+,29+,30-,31+,32-,33+,34+,35+,36-,37-,38+,39+,40+,41-,42+,43-,44-,45-/m0/s1. The van der Waals surface area contributed by atoms with E-state index in [4.69, 9.17) is 33.2 Å². The minimum Gasteiger partial charge on any atom is -0.394 e. The fourth-order valence-electron chi connectivity index (χ4n) is 14.0. The van der Waals surface area contributed by atoms with E-state index in [0.29, 0.717) is 42.4 Å². The lowest BCUT2D eigenvalue weighted by molar-refractivity contribution is -0.395. The molecule has 27 atom stereocenters. The number of hydrogen-bond acceptors (Lipinski definition) is 17. The van der Waals surface area contributed by atoms with Crippen molar-refractivity contribution in [1.82, 2.24) is 0 Å². The molecule has 4 aliphatic heterocycles. The van der Waals surface area contributed by atoms with Crippen LogP contribution in [0.25, 0.3) is 0 Å². The van der Waals surface area contributed by atoms with Crippen LogP contribution < -0.4 is 0 Å². The molecule has 0 bridgehead atoms. The summed E-state index contributed by atoms with van der Waals surface area (Å²) in [7, 11) is 0. The van der Waals surface area contributed by atoms with Crippen LogP contribution in [0.15, 0.2) is 11.6 Å². The number of aliphatic hydroxyl groups is 10. The first-order valence-electron chi connectivity index (χ1n) is 23.2. The van der Waals surface area contributed by atoms with Gasteiger partial charge >= 0.3 is 0 Å². The Kier molecular flexibility index (Phi) is 14.0. The molecule has 8 fully saturated rings. The molecule has 17 heteroatoms. The summed E-state index contributed by atoms with van der Waals surface area (Å²) in [5.74, 6) is 2.36. The maximum absolute atomic E-state index is 11.5. The monoisotopic (exact) mass is 886 g/mol. The van der Waals surface area contributed by atoms with Crippen molar-refractivity contribution in [3.05, 3.63) is 11.6 Å². The molecule has 8 rings (SSSR count). The second-order valence-electron chi connectivity index (χ2n) is 21.0. The lowest BCUT2D eigenvalue weighted by Gasteiger charge is -2.61. The van der Waals surface area contributed by atoms with Crippen LogP contribution in [-0.2, 0) is 33.2 Å². The van der Waals surface area contributed by atoms with Gasteiger partial charge in [0.1, 0.15) is 73.2 Å². The first-order chi connectivity index (χ1) is 29.3. The van der Waals surface area contributed by atoms with Crippen LogP contribution in [0.1, 0.15) is 92.9 Å². The second-order valence-corrected chi connectivity index (χ2v) is 21.0. The maximum Gasteiger partial charge on any atom is 0.187 e. The Morgan fingerprint density at radius 3 is 1.81 bits per heavy atom. The van der Waals surface area contributed by atoms with Gasteiger partial charge in [-0.25, -0.2) is 0 Å². The molecule has 17 nitrogen and oxygen atoms in total. The largest absolute Gasteiger partial charge is 0.394 e. The van der Waals surface area contributed by atoms with Gasteiger partial charge in [0.25, 0.3) is 0 Å². The zero-order valence-electron chi connectivity index (χ0n) is 36.9. The molecule has 0 radical (unpaired) electrons. The number of aliphatic hydroxyl groups excluding tert-OH is 10. The molecule has 4 aliphatic carbocycles. The molecule has 8 aliphatic rings. The first kappa shape index (κ1) is 47.5. The van der Waals surface area contributed by atoms with Crippen LogP contribution in [0, 0.1) is 46.3 Å². The Morgan fingerprint density at radius 1 is 0.597 bits per heavy atom. The van der Waals surface area contributed by atoms with Crippen molar-refractivity contribution in [2.45, 2.75) is 209 Å². The van der Waals surface area contributed by atoms with Gasteiger partial charge in [0.15, 0.2) is 18.9 Å². The van der Waals surface area contributed by atoms with Crippen molar-refractivity contribution in [1.29, 1.82) is 0 Å². The molecule has 1 unspecified atom stereocenters. The van der Waals surface area contributed by atoms with Crippen LogP contribution in [0.2, 0.25) is 0 Å². The Labute approximate surface area is 364 Å². The summed E-state index contributed by atoms with van der Waals surface area (Å²) in [5.41, 5.74) is 1.30. The lowest BCUT2D eigenvalue weighted by Crippen LogP contribution is -2.67. The highest BCUT2D eigenvalue weighted by atomic mass is 16.8. The molecule has 0 aromatic rings. The van der Waals surface area contributed by atoms with E-state index in [1.165, 1.54) is 6.92 Å². The van der Waals surface area contributed by atoms with Crippen LogP contribution in [0.5, 0.6) is 0 Å². The van der Waals surface area contributed by atoms with E-state index in [-0.39, 0.29) is 35.1 Å². The van der Waals surface area contributed by atoms with Crippen LogP contribution >= 0.6 is 0 Å². The molecule has 4 saturated carbocycles. The number of ether oxygens (including phenoxy) is 7. The van der Waals surface area contributed by atoms with Gasteiger partial charge in [-0.3, -0.25) is 0 Å². The average molecular weight is 887 g/mol. The van der Waals surface area contributed by atoms with E-state index in [1.807, 2.05) is 13.8 Å². The topological polar surface area (TPSA) is 267 Å². The molecule has 0 amide bonds. The zero-order valence-corrected chi connectivity index (χ0v) is 36.9. The molecule has 356 valence electrons. The Hall–Kier alpha value is -0.940. The van der Waals surface area contributed by atoms with Crippen molar-refractivity contribution in [3.63, 3.8) is 0 Å². The van der Waals surface area contributed by atoms with E-state index in [0.717, 1.165) is 44.1 Å². The summed E-state index contributed by atoms with van der Waals surface area (Å²) < 4.78 is 43.1. The molecule has 0 spiro atoms. The summed E-state index contributed by atoms with van der Waals surface area (Å²) in [6.07, 6.45) is -14.5. The van der Waals surface area contributed by atoms with Crippen molar-refractivity contribution in [3.8, 4) is 0 Å². The predicted octanol–water partition coefficient (Wildman–Crippen LogP) is -0.153. The normalized spacial score (nSPS) is 56.5. The van der Waals surface area contributed by atoms with Crippen molar-refractivity contribution >= 4 is 0 Å². The third-order valence-electron chi connectivity index (χ3n) is 17.3. The van der Waals surface area contributed by atoms with Gasteiger partial charge in [0, 0.05) is 0 Å². The first-order valence-corrected chi connectivity index (χ1v) is 23.2. The van der Waals surface area contributed by atoms with Gasteiger partial charge in [-0.1, -0.05) is 32.4 Å². The molecule has 10 N–H and O–H groups in total. The third-order valence-corrected chi connectivity index (χ3v) is 17.3. The van der Waals surface area contributed by atoms with E-state index < -0.39 is 111 Å². The zero-order chi connectivity index (χ0) is 44.7. The lowest BCUT2D eigenvalue weighted by atomic mass is 9.44. The summed E-state index contributed by atoms with van der Waals surface area (Å²) in [6, 6.07) is 0. The smallest absolute Gasteiger partial charge is 0.187 e. The fraction of sp³-hybridized carbons (Fsp3) is 0.956. The molecule has 0 aromatic heterocycles. The Morgan fingerprint density at radius 2 is 1.19 bits per heavy atom. The van der Waals surface area contributed by atoms with Gasteiger partial charge in [0.05, 0.1) is 37.6 Å². The average Bonchev–Trinajstić information content (AvgIpc) is 3.54. The highest BCUT2D eigenvalue weighted by Gasteiger charge is 2.66. The summed E-state index contributed by atoms with van der Waals surface area (Å²) in [4.78, 5) is 0. The second kappa shape index (κ2) is 18.3. The highest BCUT2D eigenvalue weighted by Crippen LogP contribution is 2.69. The van der Waals surface area contributed by atoms with Crippen LogP contribution in [0.4, 0.5) is 0 Å². The SMILES string of the molecule is CC(C)=CC1O[C@H]2C[C@H]3[C@@H]4CC[C@@H]5C[C@@H](O[C@@H]6O[C@H](CO)[C@@H](O)[C@H](O)[C@H]6O[C@@H]6O[C@H](CO)[C@@H](O)[C@H](O)[C@H]6O[C@@H]6O[C@@H](C)[C@H](O)[C@@H](O)[C@H]6O)CC[C@]5(C)[C@H]4CC[C@]3(C)[C@H]2[C@H](C)[C@H]1O. The molecule has 4 saturated heterocycles. The summed E-state index contributed by atoms with van der Waals surface area (Å²) in [5, 5.41) is 108. The van der Waals surface area contributed by atoms with Gasteiger partial charge in [0.2, 0.25) is 0 Å². The highest BCUT2D eigenvalue weighted by molar-refractivity contribution is 5.16. The quantitative estimate of drug-likeness (QED) is 0.107. The fourth-order valence-corrected chi connectivity index (χ4v) is 14.0. The van der Waals surface area contributed by atoms with E-state index >= 15 is 0 Å².